The average molecular weight is 284 g/mol. The minimum absolute atomic E-state index is 0.169. The van der Waals surface area contributed by atoms with Crippen LogP contribution in [-0.4, -0.2) is 33.7 Å². The quantitative estimate of drug-likeness (QED) is 0.852. The Hall–Kier alpha value is -1.56. The van der Waals surface area contributed by atoms with Crippen molar-refractivity contribution in [3.05, 3.63) is 29.8 Å². The summed E-state index contributed by atoms with van der Waals surface area (Å²) >= 11 is 0. The second-order valence-corrected chi connectivity index (χ2v) is 6.21. The molecule has 0 atom stereocenters. The van der Waals surface area contributed by atoms with Gasteiger partial charge >= 0.3 is 0 Å². The second kappa shape index (κ2) is 6.56. The molecule has 106 valence electrons. The normalized spacial score (nSPS) is 11.1. The van der Waals surface area contributed by atoms with Gasteiger partial charge < -0.3 is 5.32 Å². The Bertz CT molecular complexity index is 541. The molecule has 0 aliphatic carbocycles. The number of anilines is 1. The van der Waals surface area contributed by atoms with Crippen molar-refractivity contribution in [2.75, 3.05) is 23.7 Å². The van der Waals surface area contributed by atoms with Gasteiger partial charge in [0.25, 0.3) is 0 Å². The fourth-order valence-electron chi connectivity index (χ4n) is 1.85. The lowest BCUT2D eigenvalue weighted by atomic mass is 10.1. The number of para-hydroxylation sites is 1. The highest BCUT2D eigenvalue weighted by atomic mass is 32.2. The molecule has 0 saturated carbocycles. The van der Waals surface area contributed by atoms with Gasteiger partial charge in [-0.1, -0.05) is 25.1 Å². The summed E-state index contributed by atoms with van der Waals surface area (Å²) in [6, 6.07) is 7.39. The monoisotopic (exact) mass is 284 g/mol. The van der Waals surface area contributed by atoms with Gasteiger partial charge in [-0.2, -0.15) is 0 Å². The van der Waals surface area contributed by atoms with Gasteiger partial charge in [-0.3, -0.25) is 9.10 Å². The number of nitrogens with zero attached hydrogens (tertiary/aromatic N) is 1. The number of hydrogen-bond acceptors (Lipinski definition) is 3. The van der Waals surface area contributed by atoms with Gasteiger partial charge in [-0.15, -0.1) is 0 Å². The maximum atomic E-state index is 11.9. The van der Waals surface area contributed by atoms with E-state index in [2.05, 4.69) is 5.32 Å². The summed E-state index contributed by atoms with van der Waals surface area (Å²) in [5.41, 5.74) is 1.65. The first-order valence-electron chi connectivity index (χ1n) is 6.16. The minimum atomic E-state index is -3.37. The molecule has 19 heavy (non-hydrogen) atoms. The second-order valence-electron chi connectivity index (χ2n) is 4.30. The van der Waals surface area contributed by atoms with E-state index in [1.807, 2.05) is 25.1 Å². The van der Waals surface area contributed by atoms with Gasteiger partial charge in [0.15, 0.2) is 0 Å². The smallest absolute Gasteiger partial charge is 0.232 e. The number of rotatable bonds is 6. The van der Waals surface area contributed by atoms with E-state index in [0.29, 0.717) is 12.2 Å². The zero-order valence-corrected chi connectivity index (χ0v) is 12.3. The number of sulfonamides is 1. The zero-order chi connectivity index (χ0) is 14.5. The molecule has 1 aromatic rings. The Morgan fingerprint density at radius 1 is 1.32 bits per heavy atom. The van der Waals surface area contributed by atoms with Gasteiger partial charge in [-0.25, -0.2) is 8.42 Å². The summed E-state index contributed by atoms with van der Waals surface area (Å²) in [6.07, 6.45) is 1.93. The lowest BCUT2D eigenvalue weighted by Gasteiger charge is -2.24. The predicted octanol–water partition coefficient (Wildman–Crippen LogP) is 1.15. The minimum Gasteiger partial charge on any atom is -0.355 e. The van der Waals surface area contributed by atoms with Crippen molar-refractivity contribution in [1.29, 1.82) is 0 Å². The van der Waals surface area contributed by atoms with Crippen LogP contribution in [0.3, 0.4) is 0 Å². The summed E-state index contributed by atoms with van der Waals surface area (Å²) in [5.74, 6) is -0.169. The van der Waals surface area contributed by atoms with Gasteiger partial charge in [0.2, 0.25) is 15.9 Å². The van der Waals surface area contributed by atoms with Gasteiger partial charge in [0, 0.05) is 13.5 Å². The van der Waals surface area contributed by atoms with Crippen LogP contribution in [0.5, 0.6) is 0 Å². The summed E-state index contributed by atoms with van der Waals surface area (Å²) in [5, 5.41) is 2.61. The first-order chi connectivity index (χ1) is 8.86. The number of nitrogens with one attached hydrogen (secondary N) is 1. The van der Waals surface area contributed by atoms with Crippen molar-refractivity contribution in [2.24, 2.45) is 0 Å². The molecule has 0 fully saturated rings. The summed E-state index contributed by atoms with van der Waals surface area (Å²) in [4.78, 5) is 10.9. The Balaban J connectivity index is 3.00. The molecule has 1 aromatic carbocycles. The van der Waals surface area contributed by atoms with E-state index in [4.69, 9.17) is 0 Å². The van der Waals surface area contributed by atoms with E-state index < -0.39 is 10.0 Å². The summed E-state index contributed by atoms with van der Waals surface area (Å²) < 4.78 is 25.1. The van der Waals surface area contributed by atoms with E-state index in [-0.39, 0.29) is 12.5 Å². The first-order valence-corrected chi connectivity index (χ1v) is 8.01. The van der Waals surface area contributed by atoms with Crippen LogP contribution in [0.15, 0.2) is 24.3 Å². The van der Waals surface area contributed by atoms with Crippen molar-refractivity contribution in [3.8, 4) is 0 Å². The molecule has 1 rings (SSSR count). The van der Waals surface area contributed by atoms with Crippen molar-refractivity contribution >= 4 is 21.6 Å². The third-order valence-corrected chi connectivity index (χ3v) is 3.91. The maximum absolute atomic E-state index is 11.9. The average Bonchev–Trinajstić information content (AvgIpc) is 2.33. The molecule has 0 heterocycles. The molecular weight excluding hydrogens is 264 g/mol. The molecule has 0 aromatic heterocycles. The number of benzene rings is 1. The SMILES string of the molecule is CCc1ccccc1N(CCNC(C)=O)S(C)(=O)=O. The third kappa shape index (κ3) is 4.55. The molecule has 0 saturated heterocycles. The van der Waals surface area contributed by atoms with Crippen LogP contribution in [0.25, 0.3) is 0 Å². The molecule has 0 spiro atoms. The van der Waals surface area contributed by atoms with Crippen LogP contribution in [0, 0.1) is 0 Å². The van der Waals surface area contributed by atoms with Crippen molar-refractivity contribution in [2.45, 2.75) is 20.3 Å². The van der Waals surface area contributed by atoms with Crippen LogP contribution in [0.2, 0.25) is 0 Å². The molecule has 5 nitrogen and oxygen atoms in total. The lowest BCUT2D eigenvalue weighted by Crippen LogP contribution is -2.38. The molecule has 0 aliphatic heterocycles. The van der Waals surface area contributed by atoms with Crippen molar-refractivity contribution in [1.82, 2.24) is 5.32 Å². The first kappa shape index (κ1) is 15.5. The fraction of sp³-hybridized carbons (Fsp3) is 0.462. The molecule has 1 amide bonds. The van der Waals surface area contributed by atoms with E-state index in [9.17, 15) is 13.2 Å². The van der Waals surface area contributed by atoms with Crippen molar-refractivity contribution < 1.29 is 13.2 Å². The number of carbonyl (C=O) groups excluding carboxylic acids is 1. The van der Waals surface area contributed by atoms with Gasteiger partial charge in [-0.05, 0) is 18.1 Å². The zero-order valence-electron chi connectivity index (χ0n) is 11.5. The Labute approximate surface area is 114 Å². The molecular formula is C13H20N2O3S. The standard InChI is InChI=1S/C13H20N2O3S/c1-4-12-7-5-6-8-13(12)15(19(3,17)18)10-9-14-11(2)16/h5-8H,4,9-10H2,1-3H3,(H,14,16). The summed E-state index contributed by atoms with van der Waals surface area (Å²) in [6.45, 7) is 3.91. The largest absolute Gasteiger partial charge is 0.355 e. The van der Waals surface area contributed by atoms with E-state index in [0.717, 1.165) is 12.0 Å². The van der Waals surface area contributed by atoms with Crippen LogP contribution in [0.1, 0.15) is 19.4 Å². The molecule has 0 aliphatic rings. The number of amides is 1. The predicted molar refractivity (Wildman–Crippen MR) is 76.7 cm³/mol. The Morgan fingerprint density at radius 3 is 2.47 bits per heavy atom. The Kier molecular flexibility index (Phi) is 5.35. The van der Waals surface area contributed by atoms with Crippen LogP contribution in [-0.2, 0) is 21.2 Å². The van der Waals surface area contributed by atoms with E-state index >= 15 is 0 Å². The molecule has 0 bridgehead atoms. The molecule has 1 N–H and O–H groups in total. The number of hydrogen-bond donors (Lipinski definition) is 1. The molecule has 6 heteroatoms. The maximum Gasteiger partial charge on any atom is 0.232 e. The third-order valence-electron chi connectivity index (χ3n) is 2.73. The topological polar surface area (TPSA) is 66.5 Å². The molecule has 0 radical (unpaired) electrons. The summed E-state index contributed by atoms with van der Waals surface area (Å²) in [7, 11) is -3.37. The van der Waals surface area contributed by atoms with Crippen LogP contribution >= 0.6 is 0 Å². The lowest BCUT2D eigenvalue weighted by molar-refractivity contribution is -0.118. The number of aryl methyl sites for hydroxylation is 1. The fourth-order valence-corrected chi connectivity index (χ4v) is 2.81. The number of carbonyl (C=O) groups is 1. The van der Waals surface area contributed by atoms with E-state index in [1.54, 1.807) is 6.07 Å². The highest BCUT2D eigenvalue weighted by Gasteiger charge is 2.19. The molecule has 0 unspecified atom stereocenters. The van der Waals surface area contributed by atoms with Crippen LogP contribution in [0.4, 0.5) is 5.69 Å². The van der Waals surface area contributed by atoms with Crippen LogP contribution < -0.4 is 9.62 Å². The highest BCUT2D eigenvalue weighted by Crippen LogP contribution is 2.22. The highest BCUT2D eigenvalue weighted by molar-refractivity contribution is 7.92. The van der Waals surface area contributed by atoms with E-state index in [1.165, 1.54) is 17.5 Å². The van der Waals surface area contributed by atoms with Gasteiger partial charge in [0.1, 0.15) is 0 Å². The Morgan fingerprint density at radius 2 is 1.95 bits per heavy atom. The van der Waals surface area contributed by atoms with Gasteiger partial charge in [0.05, 0.1) is 18.5 Å². The van der Waals surface area contributed by atoms with Crippen molar-refractivity contribution in [3.63, 3.8) is 0 Å².